The summed E-state index contributed by atoms with van der Waals surface area (Å²) in [5.41, 5.74) is 0.550. The van der Waals surface area contributed by atoms with E-state index in [1.807, 2.05) is 0 Å². The molecule has 1 aliphatic carbocycles. The smallest absolute Gasteiger partial charge is 0.273 e. The number of benzene rings is 1. The number of carbonyl (C=O) groups is 1. The van der Waals surface area contributed by atoms with Crippen molar-refractivity contribution in [1.82, 2.24) is 10.6 Å². The molecule has 6 nitrogen and oxygen atoms in total. The molecule has 0 bridgehead atoms. The minimum absolute atomic E-state index is 0.0144. The van der Waals surface area contributed by atoms with Crippen molar-refractivity contribution in [2.45, 2.75) is 31.8 Å². The lowest BCUT2D eigenvalue weighted by molar-refractivity contribution is -0.385. The summed E-state index contributed by atoms with van der Waals surface area (Å²) >= 11 is 5.83. The Morgan fingerprint density at radius 3 is 2.85 bits per heavy atom. The first-order chi connectivity index (χ1) is 9.56. The van der Waals surface area contributed by atoms with Crippen molar-refractivity contribution in [3.63, 3.8) is 0 Å². The van der Waals surface area contributed by atoms with Gasteiger partial charge in [-0.05, 0) is 25.0 Å². The van der Waals surface area contributed by atoms with Crippen molar-refractivity contribution in [1.29, 1.82) is 0 Å². The molecule has 0 atom stereocenters. The second-order valence-corrected chi connectivity index (χ2v) is 5.24. The highest BCUT2D eigenvalue weighted by Crippen LogP contribution is 2.22. The maximum absolute atomic E-state index is 11.5. The van der Waals surface area contributed by atoms with E-state index in [0.29, 0.717) is 36.1 Å². The van der Waals surface area contributed by atoms with Gasteiger partial charge in [0, 0.05) is 42.2 Å². The first kappa shape index (κ1) is 14.7. The van der Waals surface area contributed by atoms with Gasteiger partial charge in [-0.15, -0.1) is 0 Å². The number of hydrogen-bond acceptors (Lipinski definition) is 4. The van der Waals surface area contributed by atoms with E-state index in [9.17, 15) is 14.9 Å². The van der Waals surface area contributed by atoms with Crippen molar-refractivity contribution in [2.24, 2.45) is 0 Å². The van der Waals surface area contributed by atoms with E-state index in [1.165, 1.54) is 12.1 Å². The van der Waals surface area contributed by atoms with Crippen LogP contribution in [0, 0.1) is 10.1 Å². The van der Waals surface area contributed by atoms with E-state index in [0.717, 1.165) is 12.8 Å². The third-order valence-electron chi connectivity index (χ3n) is 3.02. The van der Waals surface area contributed by atoms with Gasteiger partial charge in [0.25, 0.3) is 5.69 Å². The van der Waals surface area contributed by atoms with Crippen LogP contribution in [0.1, 0.15) is 24.8 Å². The monoisotopic (exact) mass is 297 g/mol. The minimum Gasteiger partial charge on any atom is -0.353 e. The van der Waals surface area contributed by atoms with Crippen molar-refractivity contribution < 1.29 is 9.72 Å². The van der Waals surface area contributed by atoms with Gasteiger partial charge in [0.1, 0.15) is 0 Å². The lowest BCUT2D eigenvalue weighted by Crippen LogP contribution is -2.29. The Hall–Kier alpha value is -1.66. The summed E-state index contributed by atoms with van der Waals surface area (Å²) in [7, 11) is 0. The maximum atomic E-state index is 11.5. The van der Waals surface area contributed by atoms with Crippen LogP contribution in [0.25, 0.3) is 0 Å². The molecule has 7 heteroatoms. The lowest BCUT2D eigenvalue weighted by Gasteiger charge is -2.06. The summed E-state index contributed by atoms with van der Waals surface area (Å²) in [6.45, 7) is 0.788. The quantitative estimate of drug-likeness (QED) is 0.458. The third kappa shape index (κ3) is 4.47. The Bertz CT molecular complexity index is 518. The molecule has 1 amide bonds. The van der Waals surface area contributed by atoms with E-state index < -0.39 is 4.92 Å². The van der Waals surface area contributed by atoms with Crippen LogP contribution in [0.4, 0.5) is 5.69 Å². The fraction of sp³-hybridized carbons (Fsp3) is 0.462. The van der Waals surface area contributed by atoms with Gasteiger partial charge in [-0.25, -0.2) is 0 Å². The van der Waals surface area contributed by atoms with Crippen LogP contribution in [0.15, 0.2) is 18.2 Å². The molecule has 1 aromatic carbocycles. The zero-order valence-corrected chi connectivity index (χ0v) is 11.7. The molecular formula is C13H16ClN3O3. The van der Waals surface area contributed by atoms with Gasteiger partial charge in [0.15, 0.2) is 0 Å². The SMILES string of the molecule is O=C(CCNCc1cc(Cl)ccc1[N+](=O)[O-])NC1CC1. The van der Waals surface area contributed by atoms with Crippen LogP contribution >= 0.6 is 11.6 Å². The minimum atomic E-state index is -0.437. The van der Waals surface area contributed by atoms with Crippen molar-refractivity contribution >= 4 is 23.2 Å². The Labute approximate surface area is 121 Å². The second-order valence-electron chi connectivity index (χ2n) is 4.80. The number of halogens is 1. The summed E-state index contributed by atoms with van der Waals surface area (Å²) in [5.74, 6) is 0.0144. The molecule has 0 aromatic heterocycles. The number of amides is 1. The van der Waals surface area contributed by atoms with Crippen LogP contribution in [0.5, 0.6) is 0 Å². The Morgan fingerprint density at radius 2 is 2.20 bits per heavy atom. The summed E-state index contributed by atoms with van der Waals surface area (Å²) in [6, 6.07) is 4.80. The molecule has 0 radical (unpaired) electrons. The normalized spacial score (nSPS) is 14.1. The Kier molecular flexibility index (Phi) is 4.92. The van der Waals surface area contributed by atoms with E-state index in [4.69, 9.17) is 11.6 Å². The molecule has 20 heavy (non-hydrogen) atoms. The highest BCUT2D eigenvalue weighted by Gasteiger charge is 2.22. The topological polar surface area (TPSA) is 84.3 Å². The first-order valence-electron chi connectivity index (χ1n) is 6.49. The van der Waals surface area contributed by atoms with E-state index in [1.54, 1.807) is 6.07 Å². The number of nitrogens with one attached hydrogen (secondary N) is 2. The molecule has 0 spiro atoms. The lowest BCUT2D eigenvalue weighted by atomic mass is 10.2. The Balaban J connectivity index is 1.79. The average Bonchev–Trinajstić information content (AvgIpc) is 3.18. The van der Waals surface area contributed by atoms with Gasteiger partial charge in [-0.3, -0.25) is 14.9 Å². The molecule has 1 saturated carbocycles. The van der Waals surface area contributed by atoms with Gasteiger partial charge in [-0.1, -0.05) is 11.6 Å². The van der Waals surface area contributed by atoms with Gasteiger partial charge in [0.05, 0.1) is 4.92 Å². The van der Waals surface area contributed by atoms with Gasteiger partial charge < -0.3 is 10.6 Å². The van der Waals surface area contributed by atoms with Crippen molar-refractivity contribution in [3.8, 4) is 0 Å². The van der Waals surface area contributed by atoms with Crippen LogP contribution in [0.2, 0.25) is 5.02 Å². The average molecular weight is 298 g/mol. The molecule has 2 rings (SSSR count). The number of nitro benzene ring substituents is 1. The van der Waals surface area contributed by atoms with Crippen molar-refractivity contribution in [2.75, 3.05) is 6.54 Å². The largest absolute Gasteiger partial charge is 0.353 e. The van der Waals surface area contributed by atoms with Crippen LogP contribution in [-0.2, 0) is 11.3 Å². The molecular weight excluding hydrogens is 282 g/mol. The van der Waals surface area contributed by atoms with Gasteiger partial charge >= 0.3 is 0 Å². The summed E-state index contributed by atoms with van der Waals surface area (Å²) in [6.07, 6.45) is 2.49. The number of rotatable bonds is 7. The molecule has 1 fully saturated rings. The maximum Gasteiger partial charge on any atom is 0.273 e. The number of nitro groups is 1. The van der Waals surface area contributed by atoms with Gasteiger partial charge in [0.2, 0.25) is 5.91 Å². The molecule has 0 heterocycles. The predicted molar refractivity (Wildman–Crippen MR) is 75.6 cm³/mol. The standard InChI is InChI=1S/C13H16ClN3O3/c14-10-1-4-12(17(19)20)9(7-10)8-15-6-5-13(18)16-11-2-3-11/h1,4,7,11,15H,2-3,5-6,8H2,(H,16,18). The molecule has 1 aliphatic rings. The number of nitrogens with zero attached hydrogens (tertiary/aromatic N) is 1. The number of carbonyl (C=O) groups excluding carboxylic acids is 1. The van der Waals surface area contributed by atoms with Crippen LogP contribution < -0.4 is 10.6 Å². The highest BCUT2D eigenvalue weighted by atomic mass is 35.5. The van der Waals surface area contributed by atoms with Crippen LogP contribution in [-0.4, -0.2) is 23.4 Å². The fourth-order valence-electron chi connectivity index (χ4n) is 1.83. The predicted octanol–water partition coefficient (Wildman–Crippen LogP) is 2.01. The summed E-state index contributed by atoms with van der Waals surface area (Å²) < 4.78 is 0. The molecule has 1 aromatic rings. The van der Waals surface area contributed by atoms with Gasteiger partial charge in [-0.2, -0.15) is 0 Å². The van der Waals surface area contributed by atoms with E-state index in [-0.39, 0.29) is 11.6 Å². The highest BCUT2D eigenvalue weighted by molar-refractivity contribution is 6.30. The zero-order chi connectivity index (χ0) is 14.5. The van der Waals surface area contributed by atoms with E-state index in [2.05, 4.69) is 10.6 Å². The number of hydrogen-bond donors (Lipinski definition) is 2. The molecule has 0 saturated heterocycles. The fourth-order valence-corrected chi connectivity index (χ4v) is 2.02. The molecule has 2 N–H and O–H groups in total. The summed E-state index contributed by atoms with van der Waals surface area (Å²) in [5, 5.41) is 17.2. The molecule has 0 unspecified atom stereocenters. The third-order valence-corrected chi connectivity index (χ3v) is 3.26. The van der Waals surface area contributed by atoms with Crippen molar-refractivity contribution in [3.05, 3.63) is 38.9 Å². The second kappa shape index (κ2) is 6.67. The summed E-state index contributed by atoms with van der Waals surface area (Å²) in [4.78, 5) is 21.9. The van der Waals surface area contributed by atoms with E-state index >= 15 is 0 Å². The molecule has 0 aliphatic heterocycles. The van der Waals surface area contributed by atoms with Crippen LogP contribution in [0.3, 0.4) is 0 Å². The molecule has 108 valence electrons. The first-order valence-corrected chi connectivity index (χ1v) is 6.87. The Morgan fingerprint density at radius 1 is 1.45 bits per heavy atom. The zero-order valence-electron chi connectivity index (χ0n) is 10.9.